The zero-order valence-electron chi connectivity index (χ0n) is 11.2. The third kappa shape index (κ3) is 2.54. The van der Waals surface area contributed by atoms with Gasteiger partial charge in [-0.25, -0.2) is 13.7 Å². The summed E-state index contributed by atoms with van der Waals surface area (Å²) in [4.78, 5) is 27.3. The number of benzene rings is 1. The quantitative estimate of drug-likeness (QED) is 0.762. The van der Waals surface area contributed by atoms with Gasteiger partial charge in [0.05, 0.1) is 31.4 Å². The van der Waals surface area contributed by atoms with Crippen molar-refractivity contribution in [3.05, 3.63) is 29.8 Å². The number of ether oxygens (including phenoxy) is 1. The monoisotopic (exact) mass is 296 g/mol. The van der Waals surface area contributed by atoms with E-state index in [4.69, 9.17) is 4.74 Å². The third-order valence-electron chi connectivity index (χ3n) is 3.77. The Morgan fingerprint density at radius 1 is 1.10 bits per heavy atom. The van der Waals surface area contributed by atoms with E-state index in [2.05, 4.69) is 0 Å². The molecule has 7 heteroatoms. The van der Waals surface area contributed by atoms with Crippen molar-refractivity contribution < 1.29 is 23.1 Å². The number of imide groups is 1. The lowest BCUT2D eigenvalue weighted by Crippen LogP contribution is -2.47. The molecule has 2 amide bonds. The van der Waals surface area contributed by atoms with Gasteiger partial charge in [-0.15, -0.1) is 0 Å². The molecular weight excluding hydrogens is 282 g/mol. The number of anilines is 1. The Balaban J connectivity index is 1.84. The van der Waals surface area contributed by atoms with Crippen molar-refractivity contribution in [1.82, 2.24) is 4.90 Å². The zero-order valence-corrected chi connectivity index (χ0v) is 11.2. The maximum absolute atomic E-state index is 13.3. The Bertz CT molecular complexity index is 588. The molecule has 112 valence electrons. The summed E-state index contributed by atoms with van der Waals surface area (Å²) in [5.74, 6) is -2.89. The zero-order chi connectivity index (χ0) is 15.0. The van der Waals surface area contributed by atoms with E-state index in [0.717, 1.165) is 17.0 Å². The largest absolute Gasteiger partial charge is 0.379 e. The number of carbonyl (C=O) groups excluding carboxylic acids is 2. The van der Waals surface area contributed by atoms with Crippen LogP contribution in [0, 0.1) is 11.6 Å². The number of hydrogen-bond donors (Lipinski definition) is 0. The summed E-state index contributed by atoms with van der Waals surface area (Å²) in [5, 5.41) is 0. The van der Waals surface area contributed by atoms with Crippen LogP contribution < -0.4 is 4.90 Å². The Hall–Kier alpha value is -1.86. The highest BCUT2D eigenvalue weighted by atomic mass is 19.2. The molecule has 2 saturated heterocycles. The molecule has 2 fully saturated rings. The van der Waals surface area contributed by atoms with Crippen LogP contribution in [-0.2, 0) is 14.3 Å². The average Bonchev–Trinajstić information content (AvgIpc) is 2.78. The average molecular weight is 296 g/mol. The molecule has 5 nitrogen and oxygen atoms in total. The van der Waals surface area contributed by atoms with E-state index in [-0.39, 0.29) is 12.1 Å². The van der Waals surface area contributed by atoms with Gasteiger partial charge in [0.15, 0.2) is 11.6 Å². The summed E-state index contributed by atoms with van der Waals surface area (Å²) < 4.78 is 31.5. The number of halogens is 2. The second-order valence-electron chi connectivity index (χ2n) is 5.03. The first-order chi connectivity index (χ1) is 10.1. The second-order valence-corrected chi connectivity index (χ2v) is 5.03. The molecule has 0 N–H and O–H groups in total. The van der Waals surface area contributed by atoms with Gasteiger partial charge < -0.3 is 4.74 Å². The SMILES string of the molecule is O=C1C[C@H](N2CCOCC2)C(=O)N1c1ccc(F)c(F)c1. The molecule has 2 aliphatic heterocycles. The fraction of sp³-hybridized carbons (Fsp3) is 0.429. The summed E-state index contributed by atoms with van der Waals surface area (Å²) >= 11 is 0. The van der Waals surface area contributed by atoms with Gasteiger partial charge in [-0.1, -0.05) is 0 Å². The lowest BCUT2D eigenvalue weighted by Gasteiger charge is -2.30. The first-order valence-electron chi connectivity index (χ1n) is 6.71. The van der Waals surface area contributed by atoms with Gasteiger partial charge in [0.1, 0.15) is 0 Å². The molecule has 1 aromatic rings. The van der Waals surface area contributed by atoms with Crippen molar-refractivity contribution >= 4 is 17.5 Å². The van der Waals surface area contributed by atoms with Crippen LogP contribution in [0.15, 0.2) is 18.2 Å². The standard InChI is InChI=1S/C14H14F2N2O3/c15-10-2-1-9(7-11(10)16)18-13(19)8-12(14(18)20)17-3-5-21-6-4-17/h1-2,7,12H,3-6,8H2/t12-/m0/s1. The third-order valence-corrected chi connectivity index (χ3v) is 3.77. The fourth-order valence-corrected chi connectivity index (χ4v) is 2.69. The van der Waals surface area contributed by atoms with Crippen LogP contribution in [0.1, 0.15) is 6.42 Å². The number of hydrogen-bond acceptors (Lipinski definition) is 4. The smallest absolute Gasteiger partial charge is 0.251 e. The van der Waals surface area contributed by atoms with Crippen LogP contribution in [-0.4, -0.2) is 49.1 Å². The number of morpholine rings is 1. The fourth-order valence-electron chi connectivity index (χ4n) is 2.69. The van der Waals surface area contributed by atoms with E-state index in [0.29, 0.717) is 26.3 Å². The van der Waals surface area contributed by atoms with Crippen molar-refractivity contribution in [2.24, 2.45) is 0 Å². The van der Waals surface area contributed by atoms with Crippen LogP contribution in [0.3, 0.4) is 0 Å². The van der Waals surface area contributed by atoms with E-state index in [1.54, 1.807) is 0 Å². The number of amides is 2. The maximum Gasteiger partial charge on any atom is 0.251 e. The maximum atomic E-state index is 13.3. The molecule has 2 heterocycles. The number of nitrogens with zero attached hydrogens (tertiary/aromatic N) is 2. The summed E-state index contributed by atoms with van der Waals surface area (Å²) in [6.07, 6.45) is 0.0534. The van der Waals surface area contributed by atoms with Crippen LogP contribution in [0.4, 0.5) is 14.5 Å². The molecule has 0 aliphatic carbocycles. The van der Waals surface area contributed by atoms with Gasteiger partial charge in [0, 0.05) is 19.2 Å². The Morgan fingerprint density at radius 2 is 1.81 bits per heavy atom. The number of carbonyl (C=O) groups is 2. The van der Waals surface area contributed by atoms with Gasteiger partial charge in [-0.05, 0) is 12.1 Å². The van der Waals surface area contributed by atoms with Crippen molar-refractivity contribution in [2.45, 2.75) is 12.5 Å². The Labute approximate surface area is 120 Å². The lowest BCUT2D eigenvalue weighted by molar-refractivity contribution is -0.123. The summed E-state index contributed by atoms with van der Waals surface area (Å²) in [6, 6.07) is 2.46. The number of rotatable bonds is 2. The highest BCUT2D eigenvalue weighted by Crippen LogP contribution is 2.27. The predicted octanol–water partition coefficient (Wildman–Crippen LogP) is 0.929. The Kier molecular flexibility index (Phi) is 3.69. The van der Waals surface area contributed by atoms with Crippen molar-refractivity contribution in [1.29, 1.82) is 0 Å². The highest BCUT2D eigenvalue weighted by molar-refractivity contribution is 6.22. The molecule has 2 aliphatic rings. The van der Waals surface area contributed by atoms with Crippen LogP contribution >= 0.6 is 0 Å². The minimum absolute atomic E-state index is 0.0534. The predicted molar refractivity (Wildman–Crippen MR) is 69.6 cm³/mol. The summed E-state index contributed by atoms with van der Waals surface area (Å²) in [7, 11) is 0. The summed E-state index contributed by atoms with van der Waals surface area (Å²) in [6.45, 7) is 2.19. The highest BCUT2D eigenvalue weighted by Gasteiger charge is 2.43. The van der Waals surface area contributed by atoms with E-state index in [9.17, 15) is 18.4 Å². The van der Waals surface area contributed by atoms with E-state index < -0.39 is 29.5 Å². The topological polar surface area (TPSA) is 49.9 Å². The molecule has 0 unspecified atom stereocenters. The van der Waals surface area contributed by atoms with E-state index in [1.807, 2.05) is 4.90 Å². The molecule has 1 atom stereocenters. The minimum atomic E-state index is -1.08. The first kappa shape index (κ1) is 14.1. The van der Waals surface area contributed by atoms with Gasteiger partial charge >= 0.3 is 0 Å². The molecule has 0 aromatic heterocycles. The molecule has 0 radical (unpaired) electrons. The normalized spacial score (nSPS) is 23.9. The van der Waals surface area contributed by atoms with Gasteiger partial charge in [0.25, 0.3) is 5.91 Å². The molecule has 0 bridgehead atoms. The molecule has 21 heavy (non-hydrogen) atoms. The molecule has 0 spiro atoms. The minimum Gasteiger partial charge on any atom is -0.379 e. The van der Waals surface area contributed by atoms with Crippen molar-refractivity contribution in [3.63, 3.8) is 0 Å². The van der Waals surface area contributed by atoms with Crippen molar-refractivity contribution in [3.8, 4) is 0 Å². The van der Waals surface area contributed by atoms with Gasteiger partial charge in [-0.3, -0.25) is 14.5 Å². The molecular formula is C14H14F2N2O3. The van der Waals surface area contributed by atoms with Crippen molar-refractivity contribution in [2.75, 3.05) is 31.2 Å². The lowest BCUT2D eigenvalue weighted by atomic mass is 10.2. The Morgan fingerprint density at radius 3 is 2.48 bits per heavy atom. The van der Waals surface area contributed by atoms with Crippen LogP contribution in [0.2, 0.25) is 0 Å². The first-order valence-corrected chi connectivity index (χ1v) is 6.71. The van der Waals surface area contributed by atoms with Gasteiger partial charge in [0.2, 0.25) is 5.91 Å². The van der Waals surface area contributed by atoms with Crippen LogP contribution in [0.5, 0.6) is 0 Å². The molecule has 0 saturated carbocycles. The van der Waals surface area contributed by atoms with E-state index in [1.165, 1.54) is 6.07 Å². The summed E-state index contributed by atoms with van der Waals surface area (Å²) in [5.41, 5.74) is 0.0691. The second kappa shape index (κ2) is 5.50. The van der Waals surface area contributed by atoms with E-state index >= 15 is 0 Å². The van der Waals surface area contributed by atoms with Gasteiger partial charge in [-0.2, -0.15) is 0 Å². The molecule has 1 aromatic carbocycles. The molecule has 3 rings (SSSR count). The van der Waals surface area contributed by atoms with Crippen LogP contribution in [0.25, 0.3) is 0 Å².